The van der Waals surface area contributed by atoms with Crippen molar-refractivity contribution in [3.05, 3.63) is 46.6 Å². The lowest BCUT2D eigenvalue weighted by atomic mass is 10.1. The molecule has 0 bridgehead atoms. The van der Waals surface area contributed by atoms with E-state index < -0.39 is 0 Å². The summed E-state index contributed by atoms with van der Waals surface area (Å²) in [6.45, 7) is 1.44. The van der Waals surface area contributed by atoms with E-state index in [-0.39, 0.29) is 11.6 Å². The van der Waals surface area contributed by atoms with Gasteiger partial charge in [-0.25, -0.2) is 4.39 Å². The second kappa shape index (κ2) is 4.48. The SMILES string of the molecule is CC(=O)c1ccc(F)c(-c2ccc(C#N)s2)c1. The maximum atomic E-state index is 13.6. The van der Waals surface area contributed by atoms with E-state index in [0.29, 0.717) is 20.9 Å². The summed E-state index contributed by atoms with van der Waals surface area (Å²) in [5.41, 5.74) is 0.831. The van der Waals surface area contributed by atoms with Crippen LogP contribution in [0.2, 0.25) is 0 Å². The fourth-order valence-corrected chi connectivity index (χ4v) is 2.30. The molecule has 4 heteroatoms. The van der Waals surface area contributed by atoms with E-state index >= 15 is 0 Å². The standard InChI is InChI=1S/C13H8FNOS/c1-8(16)9-2-4-12(14)11(6-9)13-5-3-10(7-15)17-13/h2-6H,1H3. The van der Waals surface area contributed by atoms with Gasteiger partial charge in [0.15, 0.2) is 5.78 Å². The summed E-state index contributed by atoms with van der Waals surface area (Å²) in [6.07, 6.45) is 0. The van der Waals surface area contributed by atoms with E-state index in [9.17, 15) is 9.18 Å². The number of nitrogens with zero attached hydrogens (tertiary/aromatic N) is 1. The summed E-state index contributed by atoms with van der Waals surface area (Å²) in [7, 11) is 0. The van der Waals surface area contributed by atoms with Crippen molar-refractivity contribution < 1.29 is 9.18 Å². The van der Waals surface area contributed by atoms with Crippen LogP contribution in [0.15, 0.2) is 30.3 Å². The molecule has 0 aliphatic carbocycles. The number of thiophene rings is 1. The van der Waals surface area contributed by atoms with Gasteiger partial charge in [0.05, 0.1) is 0 Å². The fraction of sp³-hybridized carbons (Fsp3) is 0.0769. The van der Waals surface area contributed by atoms with Gasteiger partial charge in [-0.05, 0) is 37.3 Å². The highest BCUT2D eigenvalue weighted by Gasteiger charge is 2.10. The molecule has 0 N–H and O–H groups in total. The Bertz CT molecular complexity index is 625. The van der Waals surface area contributed by atoms with Crippen LogP contribution in [-0.4, -0.2) is 5.78 Å². The lowest BCUT2D eigenvalue weighted by molar-refractivity contribution is 0.101. The van der Waals surface area contributed by atoms with Crippen molar-refractivity contribution in [2.75, 3.05) is 0 Å². The van der Waals surface area contributed by atoms with Crippen molar-refractivity contribution >= 4 is 17.1 Å². The molecule has 0 aliphatic rings. The number of hydrogen-bond donors (Lipinski definition) is 0. The normalized spacial score (nSPS) is 9.94. The molecule has 2 rings (SSSR count). The molecule has 17 heavy (non-hydrogen) atoms. The first-order valence-electron chi connectivity index (χ1n) is 4.92. The zero-order valence-corrected chi connectivity index (χ0v) is 9.84. The number of rotatable bonds is 2. The topological polar surface area (TPSA) is 40.9 Å². The number of hydrogen-bond acceptors (Lipinski definition) is 3. The number of carbonyl (C=O) groups is 1. The molecule has 0 saturated heterocycles. The summed E-state index contributed by atoms with van der Waals surface area (Å²) in [6, 6.07) is 9.58. The van der Waals surface area contributed by atoms with Crippen LogP contribution in [0, 0.1) is 17.1 Å². The lowest BCUT2D eigenvalue weighted by Gasteiger charge is -2.02. The zero-order valence-electron chi connectivity index (χ0n) is 9.03. The van der Waals surface area contributed by atoms with E-state index in [2.05, 4.69) is 0 Å². The maximum absolute atomic E-state index is 13.6. The molecule has 1 heterocycles. The van der Waals surface area contributed by atoms with Gasteiger partial charge in [-0.15, -0.1) is 11.3 Å². The molecule has 1 aromatic heterocycles. The van der Waals surface area contributed by atoms with Crippen molar-refractivity contribution in [2.24, 2.45) is 0 Å². The van der Waals surface area contributed by atoms with E-state index in [1.807, 2.05) is 6.07 Å². The lowest BCUT2D eigenvalue weighted by Crippen LogP contribution is -1.93. The zero-order chi connectivity index (χ0) is 12.4. The van der Waals surface area contributed by atoms with Crippen LogP contribution in [0.25, 0.3) is 10.4 Å². The molecule has 0 atom stereocenters. The largest absolute Gasteiger partial charge is 0.295 e. The van der Waals surface area contributed by atoms with Crippen LogP contribution < -0.4 is 0 Å². The molecule has 2 aromatic rings. The van der Waals surface area contributed by atoms with Gasteiger partial charge in [-0.2, -0.15) is 5.26 Å². The van der Waals surface area contributed by atoms with Gasteiger partial charge in [0.2, 0.25) is 0 Å². The van der Waals surface area contributed by atoms with Gasteiger partial charge in [-0.1, -0.05) is 0 Å². The summed E-state index contributed by atoms with van der Waals surface area (Å²) < 4.78 is 13.6. The van der Waals surface area contributed by atoms with Crippen LogP contribution in [0.3, 0.4) is 0 Å². The Balaban J connectivity index is 2.54. The van der Waals surface area contributed by atoms with Gasteiger partial charge in [0.1, 0.15) is 16.8 Å². The average molecular weight is 245 g/mol. The molecule has 0 fully saturated rings. The maximum Gasteiger partial charge on any atom is 0.159 e. The van der Waals surface area contributed by atoms with Crippen molar-refractivity contribution in [1.29, 1.82) is 5.26 Å². The predicted octanol–water partition coefficient (Wildman–Crippen LogP) is 3.63. The molecule has 0 spiro atoms. The molecule has 2 nitrogen and oxygen atoms in total. The van der Waals surface area contributed by atoms with Gasteiger partial charge in [-0.3, -0.25) is 4.79 Å². The van der Waals surface area contributed by atoms with Crippen molar-refractivity contribution in [1.82, 2.24) is 0 Å². The summed E-state index contributed by atoms with van der Waals surface area (Å²) in [4.78, 5) is 12.4. The van der Waals surface area contributed by atoms with Gasteiger partial charge in [0.25, 0.3) is 0 Å². The number of benzene rings is 1. The minimum atomic E-state index is -0.388. The summed E-state index contributed by atoms with van der Waals surface area (Å²) >= 11 is 1.21. The number of halogens is 1. The Hall–Kier alpha value is -1.99. The first kappa shape index (κ1) is 11.5. The molecule has 84 valence electrons. The highest BCUT2D eigenvalue weighted by molar-refractivity contribution is 7.16. The monoisotopic (exact) mass is 245 g/mol. The van der Waals surface area contributed by atoms with Crippen LogP contribution in [0.5, 0.6) is 0 Å². The Morgan fingerprint density at radius 2 is 2.12 bits per heavy atom. The first-order valence-corrected chi connectivity index (χ1v) is 5.74. The number of Topliss-reactive ketones (excluding diaryl/α,β-unsaturated/α-hetero) is 1. The molecule has 0 unspecified atom stereocenters. The number of nitriles is 1. The second-order valence-corrected chi connectivity index (χ2v) is 4.61. The minimum Gasteiger partial charge on any atom is -0.295 e. The highest BCUT2D eigenvalue weighted by Crippen LogP contribution is 2.30. The van der Waals surface area contributed by atoms with Crippen molar-refractivity contribution in [3.8, 4) is 16.5 Å². The molecule has 0 saturated carbocycles. The summed E-state index contributed by atoms with van der Waals surface area (Å²) in [5.74, 6) is -0.496. The molecule has 0 amide bonds. The minimum absolute atomic E-state index is 0.108. The third-order valence-corrected chi connectivity index (χ3v) is 3.38. The molecule has 0 aliphatic heterocycles. The molecular weight excluding hydrogens is 237 g/mol. The number of carbonyl (C=O) groups excluding carboxylic acids is 1. The van der Waals surface area contributed by atoms with Crippen LogP contribution in [0.4, 0.5) is 4.39 Å². The van der Waals surface area contributed by atoms with Crippen molar-refractivity contribution in [2.45, 2.75) is 6.92 Å². The van der Waals surface area contributed by atoms with E-state index in [0.717, 1.165) is 0 Å². The molecular formula is C13H8FNOS. The molecule has 0 radical (unpaired) electrons. The fourth-order valence-electron chi connectivity index (χ4n) is 1.48. The Kier molecular flexibility index (Phi) is 3.03. The second-order valence-electron chi connectivity index (χ2n) is 3.53. The van der Waals surface area contributed by atoms with Gasteiger partial charge in [0, 0.05) is 16.0 Å². The average Bonchev–Trinajstić information content (AvgIpc) is 2.77. The van der Waals surface area contributed by atoms with Gasteiger partial charge >= 0.3 is 0 Å². The third-order valence-electron chi connectivity index (χ3n) is 2.35. The smallest absolute Gasteiger partial charge is 0.159 e. The summed E-state index contributed by atoms with van der Waals surface area (Å²) in [5, 5.41) is 8.72. The van der Waals surface area contributed by atoms with Crippen LogP contribution in [-0.2, 0) is 0 Å². The van der Waals surface area contributed by atoms with Crippen LogP contribution >= 0.6 is 11.3 Å². The predicted molar refractivity (Wildman–Crippen MR) is 64.4 cm³/mol. The van der Waals surface area contributed by atoms with E-state index in [1.165, 1.54) is 36.5 Å². The number of ketones is 1. The third kappa shape index (κ3) is 2.24. The highest BCUT2D eigenvalue weighted by atomic mass is 32.1. The van der Waals surface area contributed by atoms with Crippen molar-refractivity contribution in [3.63, 3.8) is 0 Å². The van der Waals surface area contributed by atoms with Gasteiger partial charge < -0.3 is 0 Å². The first-order chi connectivity index (χ1) is 8.11. The Morgan fingerprint density at radius 3 is 2.71 bits per heavy atom. The van der Waals surface area contributed by atoms with Crippen LogP contribution in [0.1, 0.15) is 22.2 Å². The quantitative estimate of drug-likeness (QED) is 0.758. The molecule has 1 aromatic carbocycles. The Morgan fingerprint density at radius 1 is 1.35 bits per heavy atom. The van der Waals surface area contributed by atoms with E-state index in [1.54, 1.807) is 12.1 Å². The Labute approximate surface area is 102 Å². The van der Waals surface area contributed by atoms with E-state index in [4.69, 9.17) is 5.26 Å².